The van der Waals surface area contributed by atoms with Gasteiger partial charge in [-0.25, -0.2) is 19.9 Å². The average molecular weight is 1100 g/mol. The summed E-state index contributed by atoms with van der Waals surface area (Å²) >= 11 is 0. The van der Waals surface area contributed by atoms with Crippen molar-refractivity contribution in [3.8, 4) is 112 Å². The molecule has 0 saturated heterocycles. The molecule has 2 aromatic heterocycles. The normalized spacial score (nSPS) is 15.6. The summed E-state index contributed by atoms with van der Waals surface area (Å²) in [6, 6.07) is 97.6. The van der Waals surface area contributed by atoms with E-state index in [9.17, 15) is 0 Å². The monoisotopic (exact) mass is 1100 g/mol. The molecule has 4 heteroatoms. The molecule has 5 aliphatic carbocycles. The number of aromatic nitrogens is 4. The summed E-state index contributed by atoms with van der Waals surface area (Å²) in [5, 5.41) is 0. The second-order valence-corrected chi connectivity index (χ2v) is 24.9. The first-order valence-corrected chi connectivity index (χ1v) is 30.1. The molecule has 0 saturated carbocycles. The molecular formula is C82H58N4. The summed E-state index contributed by atoms with van der Waals surface area (Å²) in [7, 11) is 0. The van der Waals surface area contributed by atoms with Gasteiger partial charge in [0.25, 0.3) is 0 Å². The minimum Gasteiger partial charge on any atom is -0.228 e. The predicted octanol–water partition coefficient (Wildman–Crippen LogP) is 20.2. The maximum atomic E-state index is 5.41. The van der Waals surface area contributed by atoms with Crippen molar-refractivity contribution in [1.29, 1.82) is 0 Å². The van der Waals surface area contributed by atoms with Gasteiger partial charge < -0.3 is 0 Å². The lowest BCUT2D eigenvalue weighted by Crippen LogP contribution is -2.27. The Hall–Kier alpha value is -10.4. The molecule has 0 radical (unpaired) electrons. The van der Waals surface area contributed by atoms with Gasteiger partial charge in [0, 0.05) is 56.0 Å². The second-order valence-electron chi connectivity index (χ2n) is 24.9. The summed E-state index contributed by atoms with van der Waals surface area (Å²) in [6.45, 7) is 9.37. The first-order chi connectivity index (χ1) is 42.1. The maximum Gasteiger partial charge on any atom is 0.160 e. The summed E-state index contributed by atoms with van der Waals surface area (Å²) < 4.78 is 0. The van der Waals surface area contributed by atoms with Crippen LogP contribution in [0.15, 0.2) is 267 Å². The second kappa shape index (κ2) is 19.1. The molecule has 0 spiro atoms. The fraction of sp³-hybridized carbons (Fsp3) is 0.0976. The van der Waals surface area contributed by atoms with Crippen molar-refractivity contribution >= 4 is 0 Å². The fourth-order valence-corrected chi connectivity index (χ4v) is 14.9. The van der Waals surface area contributed by atoms with E-state index in [2.05, 4.69) is 295 Å². The third-order valence-corrected chi connectivity index (χ3v) is 19.3. The lowest BCUT2D eigenvalue weighted by molar-refractivity contribution is 0.660. The van der Waals surface area contributed by atoms with Gasteiger partial charge >= 0.3 is 0 Å². The Morgan fingerprint density at radius 3 is 0.930 bits per heavy atom. The first-order valence-electron chi connectivity index (χ1n) is 30.1. The average Bonchev–Trinajstić information content (AvgIpc) is 1.06. The fourth-order valence-electron chi connectivity index (χ4n) is 14.9. The standard InChI is InChI=1S/C82H58N4/c1-81(2)69-25-15-13-21-59(69)61-39-35-55(45-71(61)81)49-27-31-53(32-28-49)75-47-73(51-17-7-5-8-18-51)83-79(85-75)57-37-41-65-67(43-57)77-63-23-11-12-24-64(63)78(65)68-44-58(38-42-66(68)77)80-84-74(52-19-9-6-10-20-52)48-76(86-80)54-33-29-50(30-34-54)56-36-40-62-60-22-14-16-26-70(60)82(3,4)72(62)46-56/h5-48,77-78H,1-4H3/t77-,78?/m1/s1. The van der Waals surface area contributed by atoms with E-state index >= 15 is 0 Å². The Labute approximate surface area is 502 Å². The molecule has 2 bridgehead atoms. The molecule has 86 heavy (non-hydrogen) atoms. The first kappa shape index (κ1) is 50.1. The molecule has 0 N–H and O–H groups in total. The van der Waals surface area contributed by atoms with Crippen LogP contribution in [0.1, 0.15) is 95.2 Å². The van der Waals surface area contributed by atoms with E-state index in [4.69, 9.17) is 19.9 Å². The van der Waals surface area contributed by atoms with E-state index in [1.165, 1.54) is 100 Å². The lowest BCUT2D eigenvalue weighted by atomic mass is 9.61. The topological polar surface area (TPSA) is 51.6 Å². The van der Waals surface area contributed by atoms with Crippen LogP contribution in [0.5, 0.6) is 0 Å². The maximum absolute atomic E-state index is 5.41. The van der Waals surface area contributed by atoms with E-state index in [1.807, 2.05) is 0 Å². The molecule has 406 valence electrons. The molecule has 18 rings (SSSR count). The largest absolute Gasteiger partial charge is 0.228 e. The van der Waals surface area contributed by atoms with Crippen molar-refractivity contribution in [3.05, 3.63) is 323 Å². The van der Waals surface area contributed by atoms with Crippen LogP contribution in [0, 0.1) is 0 Å². The van der Waals surface area contributed by atoms with Gasteiger partial charge in [-0.3, -0.25) is 0 Å². The zero-order chi connectivity index (χ0) is 57.4. The minimum absolute atomic E-state index is 0.0243. The summed E-state index contributed by atoms with van der Waals surface area (Å²) in [5.41, 5.74) is 33.2. The summed E-state index contributed by atoms with van der Waals surface area (Å²) in [4.78, 5) is 21.5. The Kier molecular flexibility index (Phi) is 11.1. The van der Waals surface area contributed by atoms with Gasteiger partial charge in [0.1, 0.15) is 0 Å². The van der Waals surface area contributed by atoms with E-state index in [0.717, 1.165) is 56.2 Å². The molecular weight excluding hydrogens is 1040 g/mol. The molecule has 13 aromatic rings. The number of nitrogens with zero attached hydrogens (tertiary/aromatic N) is 4. The molecule has 2 atom stereocenters. The molecule has 5 aliphatic rings. The van der Waals surface area contributed by atoms with Gasteiger partial charge in [-0.2, -0.15) is 0 Å². The van der Waals surface area contributed by atoms with Crippen LogP contribution in [-0.2, 0) is 10.8 Å². The highest BCUT2D eigenvalue weighted by Gasteiger charge is 2.42. The molecule has 0 aliphatic heterocycles. The number of benzene rings is 11. The SMILES string of the molecule is CC1(C)c2ccccc2-c2ccc(-c3ccc(-c4cc(-c5ccccc5)nc(-c5ccc6c(c5)C5c7ccccc7[C@H]6c6cc(-c7nc(-c8ccccc8)cc(-c8ccc(-c9ccc%10c(c9)C(C)(C)c9ccccc9-%10)cc8)n7)ccc65)n4)cc3)cc21. The van der Waals surface area contributed by atoms with Crippen molar-refractivity contribution < 1.29 is 0 Å². The Balaban J connectivity index is 0.717. The van der Waals surface area contributed by atoms with E-state index in [0.29, 0.717) is 11.6 Å². The van der Waals surface area contributed by atoms with Gasteiger partial charge in [-0.05, 0) is 137 Å². The molecule has 1 unspecified atom stereocenters. The van der Waals surface area contributed by atoms with Crippen molar-refractivity contribution in [3.63, 3.8) is 0 Å². The predicted molar refractivity (Wildman–Crippen MR) is 351 cm³/mol. The molecule has 0 fully saturated rings. The number of fused-ring (bicyclic) bond motifs is 6. The Morgan fingerprint density at radius 2 is 0.523 bits per heavy atom. The van der Waals surface area contributed by atoms with Crippen LogP contribution in [0.3, 0.4) is 0 Å². The van der Waals surface area contributed by atoms with E-state index < -0.39 is 0 Å². The van der Waals surface area contributed by atoms with Crippen molar-refractivity contribution in [1.82, 2.24) is 19.9 Å². The summed E-state index contributed by atoms with van der Waals surface area (Å²) in [5.74, 6) is 1.46. The molecule has 2 heterocycles. The van der Waals surface area contributed by atoms with Gasteiger partial charge in [0.05, 0.1) is 22.8 Å². The Bertz CT molecular complexity index is 4610. The number of hydrogen-bond acceptors (Lipinski definition) is 4. The van der Waals surface area contributed by atoms with E-state index in [-0.39, 0.29) is 22.7 Å². The van der Waals surface area contributed by atoms with Gasteiger partial charge in [-0.15, -0.1) is 0 Å². The van der Waals surface area contributed by atoms with Gasteiger partial charge in [-0.1, -0.05) is 258 Å². The van der Waals surface area contributed by atoms with Crippen LogP contribution in [0.25, 0.3) is 112 Å². The minimum atomic E-state index is -0.0658. The third kappa shape index (κ3) is 7.82. The smallest absolute Gasteiger partial charge is 0.160 e. The third-order valence-electron chi connectivity index (χ3n) is 19.3. The van der Waals surface area contributed by atoms with Crippen LogP contribution in [-0.4, -0.2) is 19.9 Å². The zero-order valence-corrected chi connectivity index (χ0v) is 48.3. The van der Waals surface area contributed by atoms with Crippen LogP contribution < -0.4 is 0 Å². The molecule has 4 nitrogen and oxygen atoms in total. The van der Waals surface area contributed by atoms with Crippen LogP contribution >= 0.6 is 0 Å². The van der Waals surface area contributed by atoms with Crippen molar-refractivity contribution in [2.75, 3.05) is 0 Å². The van der Waals surface area contributed by atoms with Gasteiger partial charge in [0.2, 0.25) is 0 Å². The Morgan fingerprint density at radius 1 is 0.221 bits per heavy atom. The zero-order valence-electron chi connectivity index (χ0n) is 48.3. The highest BCUT2D eigenvalue weighted by molar-refractivity contribution is 5.86. The molecule has 11 aromatic carbocycles. The highest BCUT2D eigenvalue weighted by atomic mass is 14.9. The van der Waals surface area contributed by atoms with Gasteiger partial charge in [0.15, 0.2) is 11.6 Å². The van der Waals surface area contributed by atoms with Crippen LogP contribution in [0.4, 0.5) is 0 Å². The van der Waals surface area contributed by atoms with Crippen molar-refractivity contribution in [2.45, 2.75) is 50.4 Å². The number of rotatable bonds is 8. The lowest BCUT2D eigenvalue weighted by Gasteiger charge is -2.42. The van der Waals surface area contributed by atoms with Crippen LogP contribution in [0.2, 0.25) is 0 Å². The summed E-state index contributed by atoms with van der Waals surface area (Å²) in [6.07, 6.45) is 0. The quantitative estimate of drug-likeness (QED) is 0.152. The van der Waals surface area contributed by atoms with E-state index in [1.54, 1.807) is 0 Å². The molecule has 0 amide bonds. The van der Waals surface area contributed by atoms with Crippen molar-refractivity contribution in [2.24, 2.45) is 0 Å². The number of hydrogen-bond donors (Lipinski definition) is 0. The highest BCUT2D eigenvalue weighted by Crippen LogP contribution is 2.57.